The number of nitrogen functional groups attached to an aromatic ring is 1. The molecule has 3 saturated heterocycles. The van der Waals surface area contributed by atoms with Gasteiger partial charge in [0.15, 0.2) is 17.1 Å². The van der Waals surface area contributed by atoms with E-state index in [1.807, 2.05) is 43.7 Å². The van der Waals surface area contributed by atoms with Crippen LogP contribution in [0.1, 0.15) is 78.2 Å². The monoisotopic (exact) mass is 683 g/mol. The number of hydrogen-bond acceptors (Lipinski definition) is 12. The van der Waals surface area contributed by atoms with E-state index in [0.717, 1.165) is 62.8 Å². The average Bonchev–Trinajstić information content (AvgIpc) is 3.55. The van der Waals surface area contributed by atoms with Crippen LogP contribution in [0.5, 0.6) is 11.5 Å². The summed E-state index contributed by atoms with van der Waals surface area (Å²) >= 11 is 0. The number of piperidine rings is 2. The Hall–Kier alpha value is -4.72. The molecule has 14 heteroatoms. The van der Waals surface area contributed by atoms with Gasteiger partial charge in [-0.05, 0) is 77.5 Å². The normalized spacial score (nSPS) is 25.5. The van der Waals surface area contributed by atoms with E-state index >= 15 is 0 Å². The first-order valence-electron chi connectivity index (χ1n) is 17.8. The number of rotatable bonds is 7. The Kier molecular flexibility index (Phi) is 8.36. The van der Waals surface area contributed by atoms with Gasteiger partial charge in [0.25, 0.3) is 0 Å². The van der Waals surface area contributed by atoms with E-state index in [-0.39, 0.29) is 48.3 Å². The number of nitrogens with zero attached hydrogens (tertiary/aromatic N) is 8. The summed E-state index contributed by atoms with van der Waals surface area (Å²) in [5, 5.41) is 23.8. The van der Waals surface area contributed by atoms with Gasteiger partial charge in [-0.1, -0.05) is 12.1 Å². The lowest BCUT2D eigenvalue weighted by molar-refractivity contribution is -0.110. The summed E-state index contributed by atoms with van der Waals surface area (Å²) in [6.45, 7) is 6.97. The lowest BCUT2D eigenvalue weighted by atomic mass is 9.91. The Morgan fingerprint density at radius 2 is 1.60 bits per heavy atom. The Morgan fingerprint density at radius 1 is 0.900 bits per heavy atom. The fourth-order valence-corrected chi connectivity index (χ4v) is 7.92. The summed E-state index contributed by atoms with van der Waals surface area (Å²) in [5.74, 6) is 1.91. The molecule has 2 unspecified atom stereocenters. The minimum Gasteiger partial charge on any atom is -0.507 e. The van der Waals surface area contributed by atoms with E-state index < -0.39 is 5.60 Å². The Morgan fingerprint density at radius 3 is 2.28 bits per heavy atom. The van der Waals surface area contributed by atoms with Gasteiger partial charge in [-0.2, -0.15) is 5.10 Å². The van der Waals surface area contributed by atoms with Crippen LogP contribution in [0.15, 0.2) is 42.7 Å². The van der Waals surface area contributed by atoms with Gasteiger partial charge in [0, 0.05) is 43.6 Å². The van der Waals surface area contributed by atoms with Crippen LogP contribution in [0, 0.1) is 0 Å². The summed E-state index contributed by atoms with van der Waals surface area (Å²) in [4.78, 5) is 26.0. The lowest BCUT2D eigenvalue weighted by Gasteiger charge is -2.40. The number of anilines is 2. The molecule has 3 aromatic heterocycles. The second-order valence-electron chi connectivity index (χ2n) is 15.1. The first-order chi connectivity index (χ1) is 24.1. The maximum absolute atomic E-state index is 12.4. The van der Waals surface area contributed by atoms with Crippen molar-refractivity contribution in [1.29, 1.82) is 0 Å². The summed E-state index contributed by atoms with van der Waals surface area (Å²) < 4.78 is 20.0. The molecule has 2 bridgehead atoms. The standard InChI is InChI=1S/C36H45N9O5/c1-36(2,3)50-35(47)43-12-10-24(11-13-43)48-25-16-26(17-25)49-27-19-38-34(39-20-27)44-21-8-9-22(44)15-23(14-21)45-30-18-29(28-6-4-5-7-31(28)46)40-41-32(30)33(37)42-45/h4-7,18-26,46H,8-17H2,1-3H3,(H2,37,42)/t21?,22?,23?,25-,26-. The minimum atomic E-state index is -0.486. The van der Waals surface area contributed by atoms with Gasteiger partial charge in [0.05, 0.1) is 41.9 Å². The first kappa shape index (κ1) is 32.5. The topological polar surface area (TPSA) is 167 Å². The van der Waals surface area contributed by atoms with Gasteiger partial charge < -0.3 is 34.9 Å². The molecule has 3 N–H and O–H groups in total. The number of phenols is 1. The third-order valence-corrected chi connectivity index (χ3v) is 10.4. The van der Waals surface area contributed by atoms with Gasteiger partial charge in [0.2, 0.25) is 5.95 Å². The number of ether oxygens (including phenoxy) is 3. The molecular formula is C36H45N9O5. The fraction of sp³-hybridized carbons (Fsp3) is 0.556. The molecule has 3 aliphatic heterocycles. The Bertz CT molecular complexity index is 1830. The molecule has 4 aliphatic rings. The zero-order chi connectivity index (χ0) is 34.6. The van der Waals surface area contributed by atoms with Crippen molar-refractivity contribution in [3.63, 3.8) is 0 Å². The number of para-hydroxylation sites is 1. The molecule has 4 aromatic rings. The zero-order valence-corrected chi connectivity index (χ0v) is 28.8. The van der Waals surface area contributed by atoms with Crippen molar-refractivity contribution in [1.82, 2.24) is 34.8 Å². The van der Waals surface area contributed by atoms with Crippen LogP contribution in [0.2, 0.25) is 0 Å². The Balaban J connectivity index is 0.844. The van der Waals surface area contributed by atoms with Crippen LogP contribution in [0.25, 0.3) is 22.3 Å². The van der Waals surface area contributed by atoms with E-state index in [0.29, 0.717) is 41.4 Å². The second kappa shape index (κ2) is 12.9. The van der Waals surface area contributed by atoms with Crippen LogP contribution in [-0.4, -0.2) is 95.1 Å². The van der Waals surface area contributed by atoms with Crippen molar-refractivity contribution in [2.75, 3.05) is 23.7 Å². The molecule has 1 amide bonds. The number of fused-ring (bicyclic) bond motifs is 3. The van der Waals surface area contributed by atoms with Crippen LogP contribution >= 0.6 is 0 Å². The highest BCUT2D eigenvalue weighted by Crippen LogP contribution is 2.44. The largest absolute Gasteiger partial charge is 0.507 e. The molecule has 8 rings (SSSR count). The van der Waals surface area contributed by atoms with Crippen molar-refractivity contribution in [2.24, 2.45) is 0 Å². The molecule has 1 aromatic carbocycles. The highest BCUT2D eigenvalue weighted by atomic mass is 16.6. The van der Waals surface area contributed by atoms with Crippen LogP contribution < -0.4 is 15.4 Å². The van der Waals surface area contributed by atoms with Gasteiger partial charge in [-0.3, -0.25) is 4.68 Å². The van der Waals surface area contributed by atoms with E-state index in [1.165, 1.54) is 0 Å². The van der Waals surface area contributed by atoms with Gasteiger partial charge in [-0.25, -0.2) is 14.8 Å². The fourth-order valence-electron chi connectivity index (χ4n) is 7.92. The van der Waals surface area contributed by atoms with Crippen molar-refractivity contribution >= 4 is 28.9 Å². The molecule has 1 saturated carbocycles. The molecule has 6 heterocycles. The zero-order valence-electron chi connectivity index (χ0n) is 28.8. The van der Waals surface area contributed by atoms with Crippen LogP contribution in [-0.2, 0) is 9.47 Å². The number of phenolic OH excluding ortho intramolecular Hbond substituents is 1. The van der Waals surface area contributed by atoms with E-state index in [4.69, 9.17) is 35.0 Å². The van der Waals surface area contributed by atoms with Gasteiger partial charge >= 0.3 is 6.09 Å². The summed E-state index contributed by atoms with van der Waals surface area (Å²) in [6.07, 6.45) is 10.9. The van der Waals surface area contributed by atoms with Crippen LogP contribution in [0.3, 0.4) is 0 Å². The molecule has 1 aliphatic carbocycles. The Labute approximate surface area is 290 Å². The predicted molar refractivity (Wildman–Crippen MR) is 186 cm³/mol. The number of carbonyl (C=O) groups is 1. The van der Waals surface area contributed by atoms with Crippen LogP contribution in [0.4, 0.5) is 16.6 Å². The second-order valence-corrected chi connectivity index (χ2v) is 15.1. The van der Waals surface area contributed by atoms with Crippen molar-refractivity contribution < 1.29 is 24.1 Å². The van der Waals surface area contributed by atoms with Crippen molar-refractivity contribution in [3.05, 3.63) is 42.7 Å². The number of benzene rings is 1. The third-order valence-electron chi connectivity index (χ3n) is 10.4. The molecule has 4 fully saturated rings. The predicted octanol–water partition coefficient (Wildman–Crippen LogP) is 5.27. The quantitative estimate of drug-likeness (QED) is 0.260. The average molecular weight is 684 g/mol. The smallest absolute Gasteiger partial charge is 0.410 e. The number of hydrogen-bond donors (Lipinski definition) is 2. The number of aromatic hydroxyl groups is 1. The van der Waals surface area contributed by atoms with E-state index in [1.54, 1.807) is 29.4 Å². The first-order valence-corrected chi connectivity index (χ1v) is 17.8. The highest BCUT2D eigenvalue weighted by molar-refractivity contribution is 5.87. The molecule has 264 valence electrons. The van der Waals surface area contributed by atoms with Gasteiger partial charge in [-0.15, -0.1) is 10.2 Å². The maximum Gasteiger partial charge on any atom is 0.410 e. The molecule has 50 heavy (non-hydrogen) atoms. The van der Waals surface area contributed by atoms with E-state index in [2.05, 4.69) is 15.1 Å². The van der Waals surface area contributed by atoms with Crippen molar-refractivity contribution in [3.8, 4) is 22.8 Å². The summed E-state index contributed by atoms with van der Waals surface area (Å²) in [6, 6.07) is 9.72. The highest BCUT2D eigenvalue weighted by Gasteiger charge is 2.43. The van der Waals surface area contributed by atoms with E-state index in [9.17, 15) is 9.90 Å². The maximum atomic E-state index is 12.4. The minimum absolute atomic E-state index is 0.0793. The molecule has 2 atom stereocenters. The molecular weight excluding hydrogens is 638 g/mol. The summed E-state index contributed by atoms with van der Waals surface area (Å²) in [7, 11) is 0. The number of amides is 1. The number of nitrogens with two attached hydrogens (primary N) is 1. The summed E-state index contributed by atoms with van der Waals surface area (Å²) in [5.41, 5.74) is 8.40. The number of likely N-dealkylation sites (tertiary alicyclic amines) is 1. The van der Waals surface area contributed by atoms with Gasteiger partial charge in [0.1, 0.15) is 17.5 Å². The molecule has 0 spiro atoms. The lowest BCUT2D eigenvalue weighted by Crippen LogP contribution is -2.46. The van der Waals surface area contributed by atoms with Crippen molar-refractivity contribution in [2.45, 2.75) is 114 Å². The third kappa shape index (κ3) is 6.48. The number of aromatic nitrogens is 6. The number of carbonyl (C=O) groups excluding carboxylic acids is 1. The molecule has 14 nitrogen and oxygen atoms in total. The molecule has 0 radical (unpaired) electrons. The SMILES string of the molecule is CC(C)(C)OC(=O)N1CCC(O[C@H]2C[C@H](Oc3cnc(N4C5CCC4CC(n4nc(N)c6nnc(-c7ccccc7O)cc64)C5)nc3)C2)CC1.